The third-order valence-corrected chi connectivity index (χ3v) is 7.60. The van der Waals surface area contributed by atoms with Gasteiger partial charge in [0.1, 0.15) is 17.7 Å². The Morgan fingerprint density at radius 2 is 2.00 bits per heavy atom. The van der Waals surface area contributed by atoms with Crippen molar-refractivity contribution in [2.75, 3.05) is 41.8 Å². The van der Waals surface area contributed by atoms with Crippen molar-refractivity contribution in [3.63, 3.8) is 0 Å². The van der Waals surface area contributed by atoms with Crippen molar-refractivity contribution in [1.29, 1.82) is 0 Å². The number of hydrogen-bond donors (Lipinski definition) is 1. The van der Waals surface area contributed by atoms with Crippen LogP contribution in [-0.4, -0.2) is 59.4 Å². The molecule has 1 aliphatic rings. The van der Waals surface area contributed by atoms with E-state index in [1.807, 2.05) is 49.2 Å². The first kappa shape index (κ1) is 26.5. The maximum Gasteiger partial charge on any atom is 0.226 e. The molecule has 0 aliphatic carbocycles. The van der Waals surface area contributed by atoms with Crippen molar-refractivity contribution < 1.29 is 14.3 Å². The molecule has 3 heterocycles. The minimum absolute atomic E-state index is 0.0310. The van der Waals surface area contributed by atoms with Crippen LogP contribution < -0.4 is 19.9 Å². The molecule has 1 aliphatic heterocycles. The molecule has 1 N–H and O–H groups in total. The number of nitrogens with zero attached hydrogens (tertiary/aromatic N) is 5. The molecule has 3 aromatic rings. The van der Waals surface area contributed by atoms with Crippen LogP contribution in [0.2, 0.25) is 0 Å². The van der Waals surface area contributed by atoms with Crippen LogP contribution in [0.5, 0.6) is 5.75 Å². The minimum Gasteiger partial charge on any atom is -0.489 e. The van der Waals surface area contributed by atoms with Gasteiger partial charge in [0.25, 0.3) is 0 Å². The molecule has 2 aromatic heterocycles. The van der Waals surface area contributed by atoms with Crippen LogP contribution in [0, 0.1) is 6.92 Å². The van der Waals surface area contributed by atoms with Crippen molar-refractivity contribution in [3.05, 3.63) is 52.7 Å². The molecule has 4 rings (SSSR count). The molecule has 0 saturated carbocycles. The molecule has 10 heteroatoms. The van der Waals surface area contributed by atoms with Gasteiger partial charge in [0.2, 0.25) is 11.9 Å². The predicted octanol–water partition coefficient (Wildman–Crippen LogP) is 4.69. The van der Waals surface area contributed by atoms with Crippen LogP contribution in [0.1, 0.15) is 60.5 Å². The molecule has 1 amide bonds. The van der Waals surface area contributed by atoms with Crippen molar-refractivity contribution >= 4 is 39.9 Å². The number of carbonyl (C=O) groups is 2. The fraction of sp³-hybridized carbons (Fsp3) is 0.444. The van der Waals surface area contributed by atoms with Gasteiger partial charge in [0.15, 0.2) is 10.9 Å². The van der Waals surface area contributed by atoms with Gasteiger partial charge in [0, 0.05) is 46.1 Å². The molecular formula is C27H34N6O3S. The summed E-state index contributed by atoms with van der Waals surface area (Å²) in [7, 11) is 1.99. The van der Waals surface area contributed by atoms with Gasteiger partial charge in [-0.15, -0.1) is 0 Å². The fourth-order valence-electron chi connectivity index (χ4n) is 4.29. The third kappa shape index (κ3) is 6.62. The van der Waals surface area contributed by atoms with Crippen LogP contribution >= 0.6 is 11.3 Å². The van der Waals surface area contributed by atoms with Gasteiger partial charge in [-0.1, -0.05) is 30.4 Å². The maximum atomic E-state index is 12.9. The number of Topliss-reactive ketones (excluding diaryl/α,β-unsaturated/α-hetero) is 1. The molecule has 1 unspecified atom stereocenters. The summed E-state index contributed by atoms with van der Waals surface area (Å²) in [6.07, 6.45) is 3.18. The van der Waals surface area contributed by atoms with E-state index in [2.05, 4.69) is 27.1 Å². The predicted molar refractivity (Wildman–Crippen MR) is 147 cm³/mol. The summed E-state index contributed by atoms with van der Waals surface area (Å²) >= 11 is 1.23. The Balaban J connectivity index is 1.32. The number of anilines is 3. The Morgan fingerprint density at radius 3 is 2.70 bits per heavy atom. The number of ketones is 1. The average Bonchev–Trinajstić information content (AvgIpc) is 3.49. The lowest BCUT2D eigenvalue weighted by molar-refractivity contribution is -0.114. The Kier molecular flexibility index (Phi) is 8.38. The molecule has 37 heavy (non-hydrogen) atoms. The summed E-state index contributed by atoms with van der Waals surface area (Å²) in [4.78, 5) is 42.4. The van der Waals surface area contributed by atoms with E-state index in [-0.39, 0.29) is 23.7 Å². The minimum atomic E-state index is -0.197. The molecular weight excluding hydrogens is 488 g/mol. The molecule has 1 fully saturated rings. The number of aryl methyl sites for hydroxylation is 1. The summed E-state index contributed by atoms with van der Waals surface area (Å²) in [6, 6.07) is 9.95. The van der Waals surface area contributed by atoms with Gasteiger partial charge < -0.3 is 19.9 Å². The number of thiazole rings is 1. The lowest BCUT2D eigenvalue weighted by Gasteiger charge is -2.20. The zero-order valence-electron chi connectivity index (χ0n) is 22.0. The highest BCUT2D eigenvalue weighted by atomic mass is 32.1. The Labute approximate surface area is 221 Å². The number of rotatable bonds is 10. The number of hydrogen-bond acceptors (Lipinski definition) is 9. The smallest absolute Gasteiger partial charge is 0.226 e. The molecule has 1 saturated heterocycles. The maximum absolute atomic E-state index is 12.9. The van der Waals surface area contributed by atoms with Crippen LogP contribution in [-0.2, 0) is 4.79 Å². The number of nitrogens with one attached hydrogen (secondary N) is 1. The molecule has 0 radical (unpaired) electrons. The van der Waals surface area contributed by atoms with E-state index in [4.69, 9.17) is 9.72 Å². The summed E-state index contributed by atoms with van der Waals surface area (Å²) < 4.78 is 6.26. The second-order valence-corrected chi connectivity index (χ2v) is 10.4. The topological polar surface area (TPSA) is 101 Å². The van der Waals surface area contributed by atoms with E-state index in [1.54, 1.807) is 13.1 Å². The summed E-state index contributed by atoms with van der Waals surface area (Å²) in [6.45, 7) is 9.84. The van der Waals surface area contributed by atoms with E-state index in [9.17, 15) is 9.59 Å². The van der Waals surface area contributed by atoms with Crippen molar-refractivity contribution in [1.82, 2.24) is 15.0 Å². The van der Waals surface area contributed by atoms with E-state index < -0.39 is 0 Å². The van der Waals surface area contributed by atoms with Gasteiger partial charge in [-0.3, -0.25) is 9.59 Å². The van der Waals surface area contributed by atoms with Gasteiger partial charge in [-0.2, -0.15) is 4.98 Å². The highest BCUT2D eigenvalue weighted by Crippen LogP contribution is 2.29. The molecule has 2 atom stereocenters. The van der Waals surface area contributed by atoms with Crippen molar-refractivity contribution in [2.45, 2.75) is 52.6 Å². The molecule has 196 valence electrons. The number of amides is 1. The van der Waals surface area contributed by atoms with Crippen LogP contribution in [0.25, 0.3) is 0 Å². The highest BCUT2D eigenvalue weighted by Gasteiger charge is 2.26. The van der Waals surface area contributed by atoms with Gasteiger partial charge in [0.05, 0.1) is 17.1 Å². The van der Waals surface area contributed by atoms with E-state index >= 15 is 0 Å². The molecule has 0 spiro atoms. The fourth-order valence-corrected chi connectivity index (χ4v) is 5.25. The number of aromatic nitrogens is 3. The van der Waals surface area contributed by atoms with Gasteiger partial charge in [-0.25, -0.2) is 9.97 Å². The van der Waals surface area contributed by atoms with Crippen LogP contribution in [0.15, 0.2) is 36.5 Å². The summed E-state index contributed by atoms with van der Waals surface area (Å²) in [5.41, 5.74) is 1.72. The normalized spacial score (nSPS) is 15.9. The Bertz CT molecular complexity index is 1250. The second-order valence-electron chi connectivity index (χ2n) is 9.42. The second kappa shape index (κ2) is 11.7. The SMILES string of the molecule is CCN(C)c1nccc(N2CCC(Oc3ccc([C@H](C)CC(=O)c4sc(NC(C)=O)nc4C)cc3)C2)n1. The molecule has 0 bridgehead atoms. The van der Waals surface area contributed by atoms with E-state index in [0.717, 1.165) is 49.1 Å². The summed E-state index contributed by atoms with van der Waals surface area (Å²) in [5, 5.41) is 3.11. The lowest BCUT2D eigenvalue weighted by Crippen LogP contribution is -2.26. The average molecular weight is 523 g/mol. The summed E-state index contributed by atoms with van der Waals surface area (Å²) in [5.74, 6) is 2.35. The van der Waals surface area contributed by atoms with Gasteiger partial charge in [-0.05, 0) is 43.5 Å². The third-order valence-electron chi connectivity index (χ3n) is 6.49. The van der Waals surface area contributed by atoms with E-state index in [1.165, 1.54) is 18.3 Å². The van der Waals surface area contributed by atoms with Crippen molar-refractivity contribution in [2.24, 2.45) is 0 Å². The quantitative estimate of drug-likeness (QED) is 0.383. The first-order chi connectivity index (χ1) is 17.7. The largest absolute Gasteiger partial charge is 0.489 e. The lowest BCUT2D eigenvalue weighted by atomic mass is 9.95. The van der Waals surface area contributed by atoms with Crippen molar-refractivity contribution in [3.8, 4) is 5.75 Å². The van der Waals surface area contributed by atoms with Crippen LogP contribution in [0.4, 0.5) is 16.9 Å². The molecule has 1 aromatic carbocycles. The van der Waals surface area contributed by atoms with Gasteiger partial charge >= 0.3 is 0 Å². The first-order valence-corrected chi connectivity index (χ1v) is 13.4. The monoisotopic (exact) mass is 522 g/mol. The Morgan fingerprint density at radius 1 is 1.24 bits per heavy atom. The zero-order valence-corrected chi connectivity index (χ0v) is 22.8. The first-order valence-electron chi connectivity index (χ1n) is 12.6. The van der Waals surface area contributed by atoms with Crippen LogP contribution in [0.3, 0.4) is 0 Å². The molecule has 9 nitrogen and oxygen atoms in total. The van der Waals surface area contributed by atoms with E-state index in [0.29, 0.717) is 22.1 Å². The Hall–Kier alpha value is -3.53. The standard InChI is InChI=1S/C27H34N6O3S/c1-6-32(5)26-28-13-11-24(31-26)33-14-12-22(16-33)36-21-9-7-20(8-10-21)17(2)15-23(35)25-18(3)29-27(37-25)30-19(4)34/h7-11,13,17,22H,6,12,14-16H2,1-5H3,(H,29,30,34)/t17-,22?/m1/s1. The number of carbonyl (C=O) groups excluding carboxylic acids is 2. The zero-order chi connectivity index (χ0) is 26.5. The number of benzene rings is 1. The highest BCUT2D eigenvalue weighted by molar-refractivity contribution is 7.17. The number of ether oxygens (including phenoxy) is 1.